The van der Waals surface area contributed by atoms with E-state index in [1.165, 1.54) is 18.5 Å². The van der Waals surface area contributed by atoms with Gasteiger partial charge >= 0.3 is 0 Å². The van der Waals surface area contributed by atoms with Crippen molar-refractivity contribution < 1.29 is 9.59 Å². The van der Waals surface area contributed by atoms with Gasteiger partial charge in [-0.15, -0.1) is 0 Å². The molecule has 23 heavy (non-hydrogen) atoms. The number of likely N-dealkylation sites (tertiary alicyclic amines) is 1. The fourth-order valence-electron chi connectivity index (χ4n) is 3.48. The van der Waals surface area contributed by atoms with Crippen LogP contribution in [0.4, 0.5) is 0 Å². The third-order valence-electron chi connectivity index (χ3n) is 4.60. The number of aromatic amines is 1. The number of fused-ring (bicyclic) bond motifs is 1. The number of rotatable bonds is 5. The molecule has 3 rings (SSSR count). The van der Waals surface area contributed by atoms with Crippen LogP contribution in [0.2, 0.25) is 0 Å². The molecule has 1 atom stereocenters. The van der Waals surface area contributed by atoms with Crippen molar-refractivity contribution in [1.29, 1.82) is 0 Å². The standard InChI is InChI=1S/C17H26N4O2/c1-11(2)9-21-10-12(7-16(21)22)17(23)18-8-15-19-13-5-3-4-6-14(13)20-15/h11-12H,3-10H2,1-2H3,(H,18,23)(H,19,20). The summed E-state index contributed by atoms with van der Waals surface area (Å²) in [6.45, 7) is 5.85. The molecule has 2 heterocycles. The van der Waals surface area contributed by atoms with Gasteiger partial charge in [-0.2, -0.15) is 0 Å². The minimum Gasteiger partial charge on any atom is -0.349 e. The molecule has 6 nitrogen and oxygen atoms in total. The van der Waals surface area contributed by atoms with E-state index in [9.17, 15) is 9.59 Å². The van der Waals surface area contributed by atoms with Crippen LogP contribution in [0.3, 0.4) is 0 Å². The molecule has 2 aliphatic rings. The average Bonchev–Trinajstić information content (AvgIpc) is 3.08. The number of imidazole rings is 1. The first kappa shape index (κ1) is 16.0. The lowest BCUT2D eigenvalue weighted by molar-refractivity contribution is -0.129. The van der Waals surface area contributed by atoms with Crippen LogP contribution < -0.4 is 5.32 Å². The first-order chi connectivity index (χ1) is 11.0. The summed E-state index contributed by atoms with van der Waals surface area (Å²) >= 11 is 0. The smallest absolute Gasteiger partial charge is 0.225 e. The van der Waals surface area contributed by atoms with Crippen LogP contribution >= 0.6 is 0 Å². The molecule has 126 valence electrons. The van der Waals surface area contributed by atoms with Gasteiger partial charge in [0, 0.05) is 25.2 Å². The van der Waals surface area contributed by atoms with E-state index in [0.29, 0.717) is 25.4 Å². The quantitative estimate of drug-likeness (QED) is 0.861. The second kappa shape index (κ2) is 6.72. The van der Waals surface area contributed by atoms with Gasteiger partial charge in [-0.3, -0.25) is 9.59 Å². The minimum atomic E-state index is -0.231. The molecule has 0 spiro atoms. The number of aromatic nitrogens is 2. The molecule has 0 aromatic carbocycles. The fraction of sp³-hybridized carbons (Fsp3) is 0.706. The number of hydrogen-bond acceptors (Lipinski definition) is 3. The predicted octanol–water partition coefficient (Wildman–Crippen LogP) is 1.41. The van der Waals surface area contributed by atoms with Crippen molar-refractivity contribution in [3.63, 3.8) is 0 Å². The summed E-state index contributed by atoms with van der Waals surface area (Å²) in [5.41, 5.74) is 2.37. The van der Waals surface area contributed by atoms with Gasteiger partial charge in [0.15, 0.2) is 0 Å². The Morgan fingerprint density at radius 3 is 2.91 bits per heavy atom. The number of H-pyrrole nitrogens is 1. The lowest BCUT2D eigenvalue weighted by Crippen LogP contribution is -2.34. The topological polar surface area (TPSA) is 78.1 Å². The van der Waals surface area contributed by atoms with Gasteiger partial charge in [-0.05, 0) is 31.6 Å². The zero-order valence-electron chi connectivity index (χ0n) is 14.0. The Bertz CT molecular complexity index is 570. The Hall–Kier alpha value is -1.85. The summed E-state index contributed by atoms with van der Waals surface area (Å²) in [7, 11) is 0. The first-order valence-corrected chi connectivity index (χ1v) is 8.65. The molecule has 0 saturated carbocycles. The van der Waals surface area contributed by atoms with Crippen LogP contribution in [-0.2, 0) is 29.0 Å². The maximum absolute atomic E-state index is 12.3. The largest absolute Gasteiger partial charge is 0.349 e. The number of amides is 2. The molecule has 0 radical (unpaired) electrons. The van der Waals surface area contributed by atoms with E-state index in [1.54, 1.807) is 4.90 Å². The summed E-state index contributed by atoms with van der Waals surface area (Å²) in [6.07, 6.45) is 4.81. The van der Waals surface area contributed by atoms with E-state index in [4.69, 9.17) is 0 Å². The predicted molar refractivity (Wildman–Crippen MR) is 86.6 cm³/mol. The van der Waals surface area contributed by atoms with E-state index in [-0.39, 0.29) is 17.7 Å². The Balaban J connectivity index is 1.51. The zero-order valence-corrected chi connectivity index (χ0v) is 14.0. The second-order valence-electron chi connectivity index (χ2n) is 7.13. The van der Waals surface area contributed by atoms with Crippen LogP contribution in [0.25, 0.3) is 0 Å². The number of hydrogen-bond donors (Lipinski definition) is 2. The Labute approximate surface area is 137 Å². The maximum Gasteiger partial charge on any atom is 0.225 e. The van der Waals surface area contributed by atoms with Crippen molar-refractivity contribution in [2.24, 2.45) is 11.8 Å². The monoisotopic (exact) mass is 318 g/mol. The lowest BCUT2D eigenvalue weighted by atomic mass is 10.0. The molecule has 2 N–H and O–H groups in total. The van der Waals surface area contributed by atoms with Crippen LogP contribution in [0.15, 0.2) is 0 Å². The maximum atomic E-state index is 12.3. The summed E-state index contributed by atoms with van der Waals surface area (Å²) in [4.78, 5) is 34.0. The molecule has 2 amide bonds. The van der Waals surface area contributed by atoms with Gasteiger partial charge in [0.2, 0.25) is 11.8 Å². The number of nitrogens with one attached hydrogen (secondary N) is 2. The first-order valence-electron chi connectivity index (χ1n) is 8.65. The van der Waals surface area contributed by atoms with Gasteiger partial charge in [0.05, 0.1) is 18.2 Å². The molecule has 1 fully saturated rings. The summed E-state index contributed by atoms with van der Waals surface area (Å²) < 4.78 is 0. The van der Waals surface area contributed by atoms with Crippen molar-refractivity contribution in [1.82, 2.24) is 20.2 Å². The third-order valence-corrected chi connectivity index (χ3v) is 4.60. The van der Waals surface area contributed by atoms with E-state index in [1.807, 2.05) is 0 Å². The molecule has 1 unspecified atom stereocenters. The average molecular weight is 318 g/mol. The number of aryl methyl sites for hydroxylation is 2. The van der Waals surface area contributed by atoms with Crippen molar-refractivity contribution in [2.45, 2.75) is 52.5 Å². The molecule has 1 aromatic rings. The van der Waals surface area contributed by atoms with Crippen LogP contribution in [0, 0.1) is 11.8 Å². The van der Waals surface area contributed by atoms with Crippen LogP contribution in [0.1, 0.15) is 50.3 Å². The third kappa shape index (κ3) is 3.74. The highest BCUT2D eigenvalue weighted by Crippen LogP contribution is 2.20. The van der Waals surface area contributed by atoms with Gasteiger partial charge < -0.3 is 15.2 Å². The molecular formula is C17H26N4O2. The molecule has 1 aromatic heterocycles. The molecule has 1 saturated heterocycles. The van der Waals surface area contributed by atoms with Crippen LogP contribution in [0.5, 0.6) is 0 Å². The van der Waals surface area contributed by atoms with Crippen LogP contribution in [-0.4, -0.2) is 39.8 Å². The van der Waals surface area contributed by atoms with Crippen molar-refractivity contribution in [2.75, 3.05) is 13.1 Å². The second-order valence-corrected chi connectivity index (χ2v) is 7.13. The van der Waals surface area contributed by atoms with Crippen molar-refractivity contribution in [3.05, 3.63) is 17.2 Å². The van der Waals surface area contributed by atoms with Gasteiger partial charge in [-0.25, -0.2) is 4.98 Å². The summed E-state index contributed by atoms with van der Waals surface area (Å²) in [6, 6.07) is 0. The number of carbonyl (C=O) groups is 2. The molecular weight excluding hydrogens is 292 g/mol. The van der Waals surface area contributed by atoms with Gasteiger partial charge in [0.25, 0.3) is 0 Å². The highest BCUT2D eigenvalue weighted by atomic mass is 16.2. The fourth-order valence-corrected chi connectivity index (χ4v) is 3.48. The number of carbonyl (C=O) groups excluding carboxylic acids is 2. The summed E-state index contributed by atoms with van der Waals surface area (Å²) in [5, 5.41) is 2.93. The highest BCUT2D eigenvalue weighted by molar-refractivity contribution is 5.89. The molecule has 0 bridgehead atoms. The van der Waals surface area contributed by atoms with Gasteiger partial charge in [0.1, 0.15) is 5.82 Å². The Morgan fingerprint density at radius 2 is 2.17 bits per heavy atom. The normalized spacial score (nSPS) is 20.9. The zero-order chi connectivity index (χ0) is 16.4. The van der Waals surface area contributed by atoms with Crippen molar-refractivity contribution >= 4 is 11.8 Å². The summed E-state index contributed by atoms with van der Waals surface area (Å²) in [5.74, 6) is 1.07. The van der Waals surface area contributed by atoms with E-state index >= 15 is 0 Å². The van der Waals surface area contributed by atoms with E-state index < -0.39 is 0 Å². The highest BCUT2D eigenvalue weighted by Gasteiger charge is 2.34. The molecule has 1 aliphatic carbocycles. The van der Waals surface area contributed by atoms with Gasteiger partial charge in [-0.1, -0.05) is 13.8 Å². The number of nitrogens with zero attached hydrogens (tertiary/aromatic N) is 2. The Kier molecular flexibility index (Phi) is 4.68. The Morgan fingerprint density at radius 1 is 1.39 bits per heavy atom. The molecule has 6 heteroatoms. The van der Waals surface area contributed by atoms with Crippen molar-refractivity contribution in [3.8, 4) is 0 Å². The minimum absolute atomic E-state index is 0.0426. The van der Waals surface area contributed by atoms with E-state index in [2.05, 4.69) is 29.1 Å². The lowest BCUT2D eigenvalue weighted by Gasteiger charge is -2.18. The SMILES string of the molecule is CC(C)CN1CC(C(=O)NCc2nc3c([nH]2)CCCC3)CC1=O. The van der Waals surface area contributed by atoms with E-state index in [0.717, 1.165) is 30.9 Å². The molecule has 1 aliphatic heterocycles.